The van der Waals surface area contributed by atoms with Crippen LogP contribution in [0.25, 0.3) is 0 Å². The van der Waals surface area contributed by atoms with Crippen LogP contribution < -0.4 is 0 Å². The summed E-state index contributed by atoms with van der Waals surface area (Å²) in [7, 11) is -2.90. The van der Waals surface area contributed by atoms with Gasteiger partial charge in [-0.1, -0.05) is 6.08 Å². The molecule has 7 nitrogen and oxygen atoms in total. The molecule has 0 aromatic carbocycles. The van der Waals surface area contributed by atoms with Gasteiger partial charge in [-0.2, -0.15) is 8.42 Å². The van der Waals surface area contributed by atoms with Crippen molar-refractivity contribution in [3.8, 4) is 0 Å². The second-order valence-corrected chi connectivity index (χ2v) is 4.12. The van der Waals surface area contributed by atoms with Crippen LogP contribution in [0.2, 0.25) is 0 Å². The Kier molecular flexibility index (Phi) is 9.23. The summed E-state index contributed by atoms with van der Waals surface area (Å²) in [5.41, 5.74) is 0. The number of ether oxygens (including phenoxy) is 3. The first-order valence-corrected chi connectivity index (χ1v) is 6.27. The molecule has 0 saturated carbocycles. The largest absolute Gasteiger partial charge is 0.397 e. The number of hydrogen-bond donors (Lipinski definition) is 1. The van der Waals surface area contributed by atoms with E-state index < -0.39 is 10.4 Å². The lowest BCUT2D eigenvalue weighted by Gasteiger charge is -2.16. The van der Waals surface area contributed by atoms with Crippen molar-refractivity contribution < 1.29 is 31.4 Å². The maximum atomic E-state index is 10.2. The molecule has 17 heavy (non-hydrogen) atoms. The van der Waals surface area contributed by atoms with Crippen LogP contribution in [0.4, 0.5) is 0 Å². The highest BCUT2D eigenvalue weighted by Gasteiger charge is 2.10. The third-order valence-corrected chi connectivity index (χ3v) is 2.03. The Hall–Kier alpha value is -0.510. The molecule has 102 valence electrons. The summed E-state index contributed by atoms with van der Waals surface area (Å²) in [6.45, 7) is 4.24. The SMILES string of the molecule is C=CCOCC(COC)OCCOS(=O)(=O)O. The summed E-state index contributed by atoms with van der Waals surface area (Å²) < 4.78 is 48.1. The summed E-state index contributed by atoms with van der Waals surface area (Å²) in [6, 6.07) is 0. The minimum atomic E-state index is -4.41. The molecular formula is C9H18O7S. The van der Waals surface area contributed by atoms with Crippen molar-refractivity contribution >= 4 is 10.4 Å². The molecule has 1 atom stereocenters. The van der Waals surface area contributed by atoms with E-state index in [0.717, 1.165) is 0 Å². The smallest absolute Gasteiger partial charge is 0.382 e. The summed E-state index contributed by atoms with van der Waals surface area (Å²) in [5.74, 6) is 0. The van der Waals surface area contributed by atoms with E-state index >= 15 is 0 Å². The van der Waals surface area contributed by atoms with E-state index in [4.69, 9.17) is 18.8 Å². The van der Waals surface area contributed by atoms with Gasteiger partial charge in [-0.05, 0) is 0 Å². The molecule has 0 saturated heterocycles. The monoisotopic (exact) mass is 270 g/mol. The molecule has 0 fully saturated rings. The molecule has 8 heteroatoms. The van der Waals surface area contributed by atoms with Crippen molar-refractivity contribution in [1.29, 1.82) is 0 Å². The Morgan fingerprint density at radius 1 is 1.35 bits per heavy atom. The fourth-order valence-corrected chi connectivity index (χ4v) is 1.25. The molecule has 0 aliphatic carbocycles. The van der Waals surface area contributed by atoms with Crippen molar-refractivity contribution in [2.45, 2.75) is 6.10 Å². The topological polar surface area (TPSA) is 91.3 Å². The highest BCUT2D eigenvalue weighted by atomic mass is 32.3. The van der Waals surface area contributed by atoms with Crippen LogP contribution in [0.15, 0.2) is 12.7 Å². The van der Waals surface area contributed by atoms with E-state index in [-0.39, 0.29) is 19.3 Å². The maximum Gasteiger partial charge on any atom is 0.397 e. The summed E-state index contributed by atoms with van der Waals surface area (Å²) in [5, 5.41) is 0. The van der Waals surface area contributed by atoms with Crippen LogP contribution in [-0.4, -0.2) is 59.2 Å². The first-order valence-electron chi connectivity index (χ1n) is 4.90. The van der Waals surface area contributed by atoms with Gasteiger partial charge in [0.1, 0.15) is 6.10 Å². The standard InChI is InChI=1S/C9H18O7S/c1-3-4-14-8-9(7-13-2)15-5-6-16-17(10,11)12/h3,9H,1,4-8H2,2H3,(H,10,11,12). The molecule has 0 rings (SSSR count). The summed E-state index contributed by atoms with van der Waals surface area (Å²) >= 11 is 0. The molecule has 0 spiro atoms. The van der Waals surface area contributed by atoms with E-state index in [1.165, 1.54) is 7.11 Å². The van der Waals surface area contributed by atoms with Crippen molar-refractivity contribution in [2.75, 3.05) is 40.1 Å². The zero-order valence-electron chi connectivity index (χ0n) is 9.70. The van der Waals surface area contributed by atoms with Gasteiger partial charge in [-0.15, -0.1) is 6.58 Å². The predicted molar refractivity (Wildman–Crippen MR) is 60.1 cm³/mol. The lowest BCUT2D eigenvalue weighted by atomic mass is 10.4. The molecule has 1 N–H and O–H groups in total. The summed E-state index contributed by atoms with van der Waals surface area (Å²) in [6.07, 6.45) is 1.27. The molecular weight excluding hydrogens is 252 g/mol. The van der Waals surface area contributed by atoms with Crippen LogP contribution in [0.3, 0.4) is 0 Å². The predicted octanol–water partition coefficient (Wildman–Crippen LogP) is 0.0400. The van der Waals surface area contributed by atoms with E-state index in [0.29, 0.717) is 19.8 Å². The Bertz CT molecular complexity index is 288. The Balaban J connectivity index is 3.72. The minimum Gasteiger partial charge on any atom is -0.382 e. The number of rotatable bonds is 11. The fraction of sp³-hybridized carbons (Fsp3) is 0.778. The number of methoxy groups -OCH3 is 1. The molecule has 0 aromatic heterocycles. The molecule has 0 amide bonds. The fourth-order valence-electron chi connectivity index (χ4n) is 0.967. The lowest BCUT2D eigenvalue weighted by Crippen LogP contribution is -2.27. The van der Waals surface area contributed by atoms with Crippen molar-refractivity contribution in [3.63, 3.8) is 0 Å². The van der Waals surface area contributed by atoms with Gasteiger partial charge in [0.05, 0.1) is 33.0 Å². The van der Waals surface area contributed by atoms with Gasteiger partial charge in [0.2, 0.25) is 0 Å². The molecule has 0 bridgehead atoms. The van der Waals surface area contributed by atoms with Crippen LogP contribution in [-0.2, 0) is 28.8 Å². The normalized spacial score (nSPS) is 13.5. The van der Waals surface area contributed by atoms with Gasteiger partial charge in [0.15, 0.2) is 0 Å². The molecule has 0 aliphatic heterocycles. The van der Waals surface area contributed by atoms with Crippen molar-refractivity contribution in [1.82, 2.24) is 0 Å². The Morgan fingerprint density at radius 3 is 2.59 bits per heavy atom. The molecule has 0 aromatic rings. The van der Waals surface area contributed by atoms with Crippen LogP contribution in [0, 0.1) is 0 Å². The first kappa shape index (κ1) is 16.5. The van der Waals surface area contributed by atoms with Crippen molar-refractivity contribution in [3.05, 3.63) is 12.7 Å². The van der Waals surface area contributed by atoms with E-state index in [1.54, 1.807) is 6.08 Å². The average molecular weight is 270 g/mol. The van der Waals surface area contributed by atoms with Gasteiger partial charge in [-0.25, -0.2) is 4.18 Å². The molecule has 0 heterocycles. The number of hydrogen-bond acceptors (Lipinski definition) is 6. The van der Waals surface area contributed by atoms with Gasteiger partial charge in [-0.3, -0.25) is 4.55 Å². The third kappa shape index (κ3) is 11.7. The van der Waals surface area contributed by atoms with Gasteiger partial charge >= 0.3 is 10.4 Å². The third-order valence-electron chi connectivity index (χ3n) is 1.56. The average Bonchev–Trinajstić information content (AvgIpc) is 2.23. The van der Waals surface area contributed by atoms with E-state index in [1.807, 2.05) is 0 Å². The first-order chi connectivity index (χ1) is 7.99. The van der Waals surface area contributed by atoms with Gasteiger partial charge < -0.3 is 14.2 Å². The summed E-state index contributed by atoms with van der Waals surface area (Å²) in [4.78, 5) is 0. The van der Waals surface area contributed by atoms with Gasteiger partial charge in [0.25, 0.3) is 0 Å². The maximum absolute atomic E-state index is 10.2. The highest BCUT2D eigenvalue weighted by molar-refractivity contribution is 7.80. The second kappa shape index (κ2) is 9.51. The zero-order chi connectivity index (χ0) is 13.1. The van der Waals surface area contributed by atoms with Crippen LogP contribution >= 0.6 is 0 Å². The van der Waals surface area contributed by atoms with Gasteiger partial charge in [0, 0.05) is 7.11 Å². The minimum absolute atomic E-state index is 0.00522. The molecule has 0 radical (unpaired) electrons. The Morgan fingerprint density at radius 2 is 2.06 bits per heavy atom. The molecule has 0 aliphatic rings. The van der Waals surface area contributed by atoms with E-state index in [2.05, 4.69) is 10.8 Å². The highest BCUT2D eigenvalue weighted by Crippen LogP contribution is 1.96. The lowest BCUT2D eigenvalue weighted by molar-refractivity contribution is -0.0533. The quantitative estimate of drug-likeness (QED) is 0.322. The van der Waals surface area contributed by atoms with Crippen LogP contribution in [0.5, 0.6) is 0 Å². The van der Waals surface area contributed by atoms with E-state index in [9.17, 15) is 8.42 Å². The Labute approximate surface area is 101 Å². The molecule has 1 unspecified atom stereocenters. The van der Waals surface area contributed by atoms with Crippen LogP contribution in [0.1, 0.15) is 0 Å². The second-order valence-electron chi connectivity index (χ2n) is 3.02. The zero-order valence-corrected chi connectivity index (χ0v) is 10.5. The van der Waals surface area contributed by atoms with Crippen molar-refractivity contribution in [2.24, 2.45) is 0 Å².